The fraction of sp³-hybridized carbons (Fsp3) is 0.217. The molecule has 2 aromatic carbocycles. The van der Waals surface area contributed by atoms with E-state index < -0.39 is 0 Å². The molecule has 0 aliphatic carbocycles. The zero-order valence-corrected chi connectivity index (χ0v) is 15.1. The molecule has 2 heteroatoms. The third kappa shape index (κ3) is 4.54. The van der Waals surface area contributed by atoms with Crippen molar-refractivity contribution in [2.45, 2.75) is 33.0 Å². The monoisotopic (exact) mass is 328 g/mol. The van der Waals surface area contributed by atoms with Crippen molar-refractivity contribution in [2.24, 2.45) is 0 Å². The summed E-state index contributed by atoms with van der Waals surface area (Å²) in [7, 11) is 0. The maximum Gasteiger partial charge on any atom is 0.211 e. The Labute approximate surface area is 151 Å². The molecule has 0 radical (unpaired) electrons. The van der Waals surface area contributed by atoms with E-state index in [2.05, 4.69) is 86.6 Å². The lowest BCUT2D eigenvalue weighted by atomic mass is 9.42. The van der Waals surface area contributed by atoms with Crippen LogP contribution >= 0.6 is 0 Å². The molecular weight excluding hydrogens is 303 g/mol. The predicted molar refractivity (Wildman–Crippen MR) is 109 cm³/mol. The molecule has 0 fully saturated rings. The molecule has 0 N–H and O–H groups in total. The molecule has 0 bridgehead atoms. The predicted octanol–water partition coefficient (Wildman–Crippen LogP) is 4.94. The van der Waals surface area contributed by atoms with Gasteiger partial charge in [0, 0.05) is 0 Å². The zero-order chi connectivity index (χ0) is 17.5. The Morgan fingerprint density at radius 2 is 1.64 bits per heavy atom. The lowest BCUT2D eigenvalue weighted by Gasteiger charge is -2.09. The van der Waals surface area contributed by atoms with Crippen LogP contribution in [0.4, 0.5) is 0 Å². The van der Waals surface area contributed by atoms with Crippen LogP contribution in [0.15, 0.2) is 83.5 Å². The fourth-order valence-electron chi connectivity index (χ4n) is 3.26. The molecule has 0 atom stereocenters. The van der Waals surface area contributed by atoms with Crippen LogP contribution in [-0.4, -0.2) is 6.71 Å². The Hall–Kier alpha value is -2.48. The van der Waals surface area contributed by atoms with Crippen molar-refractivity contribution < 1.29 is 4.42 Å². The second kappa shape index (κ2) is 8.57. The Balaban J connectivity index is 1.64. The minimum atomic E-state index is 0.336. The Bertz CT molecular complexity index is 802. The quantitative estimate of drug-likeness (QED) is 0.442. The topological polar surface area (TPSA) is 13.1 Å². The highest BCUT2D eigenvalue weighted by molar-refractivity contribution is 6.84. The number of unbranched alkanes of at least 4 members (excludes halogenated alkanes) is 1. The molecule has 25 heavy (non-hydrogen) atoms. The van der Waals surface area contributed by atoms with E-state index in [0.29, 0.717) is 6.71 Å². The van der Waals surface area contributed by atoms with Gasteiger partial charge in [-0.15, -0.1) is 0 Å². The highest BCUT2D eigenvalue weighted by atomic mass is 16.3. The average Bonchev–Trinajstić information content (AvgIpc) is 3.16. The molecule has 0 unspecified atom stereocenters. The maximum atomic E-state index is 5.82. The molecule has 0 amide bonds. The van der Waals surface area contributed by atoms with E-state index in [1.807, 2.05) is 6.26 Å². The van der Waals surface area contributed by atoms with Crippen LogP contribution in [0.25, 0.3) is 5.57 Å². The van der Waals surface area contributed by atoms with Crippen molar-refractivity contribution >= 4 is 23.2 Å². The van der Waals surface area contributed by atoms with Crippen molar-refractivity contribution in [3.8, 4) is 0 Å². The largest absolute Gasteiger partial charge is 0.465 e. The van der Waals surface area contributed by atoms with Gasteiger partial charge in [-0.25, -0.2) is 0 Å². The molecular formula is C23H25BO. The molecule has 3 rings (SSSR count). The summed E-state index contributed by atoms with van der Waals surface area (Å²) in [4.78, 5) is 0. The summed E-state index contributed by atoms with van der Waals surface area (Å²) in [6.07, 6.45) is 7.47. The Morgan fingerprint density at radius 3 is 2.36 bits per heavy atom. The van der Waals surface area contributed by atoms with Gasteiger partial charge in [0.2, 0.25) is 6.71 Å². The molecule has 0 saturated heterocycles. The van der Waals surface area contributed by atoms with E-state index in [1.165, 1.54) is 22.1 Å². The van der Waals surface area contributed by atoms with E-state index in [-0.39, 0.29) is 0 Å². The van der Waals surface area contributed by atoms with Crippen molar-refractivity contribution in [1.29, 1.82) is 0 Å². The van der Waals surface area contributed by atoms with Gasteiger partial charge >= 0.3 is 0 Å². The fourth-order valence-corrected chi connectivity index (χ4v) is 3.26. The van der Waals surface area contributed by atoms with E-state index >= 15 is 0 Å². The maximum absolute atomic E-state index is 5.82. The van der Waals surface area contributed by atoms with E-state index in [1.54, 1.807) is 0 Å². The summed E-state index contributed by atoms with van der Waals surface area (Å²) in [6, 6.07) is 23.4. The third-order valence-corrected chi connectivity index (χ3v) is 4.78. The Morgan fingerprint density at radius 1 is 0.960 bits per heavy atom. The molecule has 0 saturated carbocycles. The standard InChI is InChI=1S/C23H25BO/c1-19(11-9-10-14-20-12-5-3-6-13-20)23-22(17-18-25-23)24(2)21-15-7-4-8-16-21/h3-8,11-13,15-18H,9-10,14H2,1-2H3. The number of furan rings is 1. The molecule has 126 valence electrons. The van der Waals surface area contributed by atoms with Crippen molar-refractivity contribution in [1.82, 2.24) is 0 Å². The van der Waals surface area contributed by atoms with Crippen molar-refractivity contribution in [2.75, 3.05) is 0 Å². The third-order valence-electron chi connectivity index (χ3n) is 4.78. The second-order valence-corrected chi connectivity index (χ2v) is 6.60. The van der Waals surface area contributed by atoms with Crippen molar-refractivity contribution in [3.63, 3.8) is 0 Å². The summed E-state index contributed by atoms with van der Waals surface area (Å²) < 4.78 is 5.82. The smallest absolute Gasteiger partial charge is 0.211 e. The van der Waals surface area contributed by atoms with E-state index in [9.17, 15) is 0 Å². The zero-order valence-electron chi connectivity index (χ0n) is 15.1. The van der Waals surface area contributed by atoms with Crippen LogP contribution in [0.1, 0.15) is 31.1 Å². The highest BCUT2D eigenvalue weighted by Gasteiger charge is 2.19. The van der Waals surface area contributed by atoms with Crippen LogP contribution in [0.3, 0.4) is 0 Å². The summed E-state index contributed by atoms with van der Waals surface area (Å²) in [5.41, 5.74) is 5.23. The first-order valence-electron chi connectivity index (χ1n) is 9.09. The number of allylic oxidation sites excluding steroid dienone is 2. The summed E-state index contributed by atoms with van der Waals surface area (Å²) >= 11 is 0. The summed E-state index contributed by atoms with van der Waals surface area (Å²) in [5.74, 6) is 1.02. The SMILES string of the molecule is CB(c1ccccc1)c1ccoc1C(C)=CCCCc1ccccc1. The van der Waals surface area contributed by atoms with Crippen LogP contribution in [0.5, 0.6) is 0 Å². The molecule has 0 spiro atoms. The first kappa shape index (κ1) is 17.4. The van der Waals surface area contributed by atoms with Gasteiger partial charge in [0.1, 0.15) is 5.76 Å². The van der Waals surface area contributed by atoms with Crippen LogP contribution in [-0.2, 0) is 6.42 Å². The minimum Gasteiger partial charge on any atom is -0.465 e. The van der Waals surface area contributed by atoms with Gasteiger partial charge in [-0.2, -0.15) is 0 Å². The molecule has 0 aliphatic rings. The molecule has 3 aromatic rings. The van der Waals surface area contributed by atoms with Crippen LogP contribution in [0.2, 0.25) is 6.82 Å². The number of hydrogen-bond donors (Lipinski definition) is 0. The minimum absolute atomic E-state index is 0.336. The molecule has 1 aromatic heterocycles. The number of hydrogen-bond acceptors (Lipinski definition) is 1. The van der Waals surface area contributed by atoms with E-state index in [0.717, 1.165) is 25.0 Å². The first-order valence-corrected chi connectivity index (χ1v) is 9.09. The van der Waals surface area contributed by atoms with Gasteiger partial charge in [-0.05, 0) is 48.9 Å². The van der Waals surface area contributed by atoms with Gasteiger partial charge in [0.05, 0.1) is 6.26 Å². The van der Waals surface area contributed by atoms with Crippen molar-refractivity contribution in [3.05, 3.63) is 90.4 Å². The Kier molecular flexibility index (Phi) is 5.95. The number of aryl methyl sites for hydroxylation is 1. The lowest BCUT2D eigenvalue weighted by Crippen LogP contribution is -2.39. The van der Waals surface area contributed by atoms with Gasteiger partial charge in [0.25, 0.3) is 0 Å². The first-order chi connectivity index (χ1) is 12.3. The number of rotatable bonds is 7. The van der Waals surface area contributed by atoms with Gasteiger partial charge in [0.15, 0.2) is 0 Å². The van der Waals surface area contributed by atoms with E-state index in [4.69, 9.17) is 4.42 Å². The van der Waals surface area contributed by atoms with Crippen LogP contribution in [0, 0.1) is 0 Å². The average molecular weight is 328 g/mol. The molecule has 1 heterocycles. The van der Waals surface area contributed by atoms with Gasteiger partial charge in [-0.1, -0.05) is 79.0 Å². The summed E-state index contributed by atoms with van der Waals surface area (Å²) in [6.45, 7) is 4.73. The second-order valence-electron chi connectivity index (χ2n) is 6.60. The summed E-state index contributed by atoms with van der Waals surface area (Å²) in [5, 5.41) is 0. The van der Waals surface area contributed by atoms with Gasteiger partial charge < -0.3 is 4.42 Å². The van der Waals surface area contributed by atoms with Crippen LogP contribution < -0.4 is 10.9 Å². The van der Waals surface area contributed by atoms with Gasteiger partial charge in [-0.3, -0.25) is 0 Å². The molecule has 0 aliphatic heterocycles. The molecule has 1 nitrogen and oxygen atoms in total. The lowest BCUT2D eigenvalue weighted by molar-refractivity contribution is 0.554. The number of benzene rings is 2. The normalized spacial score (nSPS) is 11.5. The highest BCUT2D eigenvalue weighted by Crippen LogP contribution is 2.15.